The fourth-order valence-corrected chi connectivity index (χ4v) is 4.02. The standard InChI is InChI=1S/C22H24ClN5O3/c1-4-31-17-10-5-14(11-18(17)30-3)20-19(13(2)26-22-24-12-25-28(20)22)21(29)27-16-8-6-15(23)7-9-16/h5-13,19-20H,4H2,1-3H3,(H,27,29)(H,24,25,26). The number of carbonyl (C=O) groups is 1. The van der Waals surface area contributed by atoms with E-state index in [1.807, 2.05) is 32.0 Å². The van der Waals surface area contributed by atoms with Gasteiger partial charge in [-0.05, 0) is 55.8 Å². The zero-order valence-corrected chi connectivity index (χ0v) is 18.3. The average molecular weight is 442 g/mol. The highest BCUT2D eigenvalue weighted by molar-refractivity contribution is 6.30. The van der Waals surface area contributed by atoms with E-state index >= 15 is 0 Å². The maximum Gasteiger partial charge on any atom is 0.232 e. The van der Waals surface area contributed by atoms with Gasteiger partial charge in [0.05, 0.1) is 25.7 Å². The summed E-state index contributed by atoms with van der Waals surface area (Å²) in [7, 11) is 1.60. The third-order valence-corrected chi connectivity index (χ3v) is 5.57. The molecule has 1 aromatic heterocycles. The molecule has 3 aromatic rings. The molecule has 1 aliphatic rings. The quantitative estimate of drug-likeness (QED) is 0.601. The normalized spacial score (nSPS) is 19.8. The summed E-state index contributed by atoms with van der Waals surface area (Å²) in [6.07, 6.45) is 1.48. The van der Waals surface area contributed by atoms with E-state index < -0.39 is 5.92 Å². The molecule has 0 spiro atoms. The zero-order valence-electron chi connectivity index (χ0n) is 17.5. The lowest BCUT2D eigenvalue weighted by molar-refractivity contribution is -0.121. The van der Waals surface area contributed by atoms with Crippen molar-refractivity contribution in [1.82, 2.24) is 14.8 Å². The van der Waals surface area contributed by atoms with Crippen molar-refractivity contribution in [3.63, 3.8) is 0 Å². The number of anilines is 2. The van der Waals surface area contributed by atoms with E-state index in [9.17, 15) is 4.79 Å². The minimum atomic E-state index is -0.465. The van der Waals surface area contributed by atoms with E-state index in [2.05, 4.69) is 20.7 Å². The van der Waals surface area contributed by atoms with Gasteiger partial charge in [0.1, 0.15) is 6.33 Å². The summed E-state index contributed by atoms with van der Waals surface area (Å²) in [5.74, 6) is 1.26. The second kappa shape index (κ2) is 8.85. The Hall–Kier alpha value is -3.26. The number of hydrogen-bond donors (Lipinski definition) is 2. The van der Waals surface area contributed by atoms with Crippen LogP contribution in [0, 0.1) is 5.92 Å². The molecule has 8 nitrogen and oxygen atoms in total. The molecule has 3 atom stereocenters. The first-order valence-electron chi connectivity index (χ1n) is 10.0. The molecule has 9 heteroatoms. The first-order valence-corrected chi connectivity index (χ1v) is 10.4. The fourth-order valence-electron chi connectivity index (χ4n) is 3.90. The second-order valence-electron chi connectivity index (χ2n) is 7.27. The van der Waals surface area contributed by atoms with E-state index in [0.29, 0.717) is 34.8 Å². The first-order chi connectivity index (χ1) is 15.0. The Morgan fingerprint density at radius 1 is 1.23 bits per heavy atom. The van der Waals surface area contributed by atoms with Crippen LogP contribution in [0.1, 0.15) is 25.5 Å². The van der Waals surface area contributed by atoms with Crippen molar-refractivity contribution in [3.8, 4) is 11.5 Å². The van der Waals surface area contributed by atoms with Crippen LogP contribution >= 0.6 is 11.6 Å². The summed E-state index contributed by atoms with van der Waals surface area (Å²) >= 11 is 5.97. The van der Waals surface area contributed by atoms with E-state index in [-0.39, 0.29) is 18.0 Å². The van der Waals surface area contributed by atoms with Gasteiger partial charge >= 0.3 is 0 Å². The van der Waals surface area contributed by atoms with Gasteiger partial charge in [-0.15, -0.1) is 0 Å². The third kappa shape index (κ3) is 4.16. The third-order valence-electron chi connectivity index (χ3n) is 5.32. The smallest absolute Gasteiger partial charge is 0.232 e. The van der Waals surface area contributed by atoms with Crippen molar-refractivity contribution >= 4 is 29.1 Å². The molecule has 2 heterocycles. The molecule has 31 heavy (non-hydrogen) atoms. The molecule has 4 rings (SSSR count). The van der Waals surface area contributed by atoms with Gasteiger partial charge in [-0.3, -0.25) is 4.79 Å². The lowest BCUT2D eigenvalue weighted by atomic mass is 9.85. The van der Waals surface area contributed by atoms with Crippen LogP contribution in [0.4, 0.5) is 11.6 Å². The highest BCUT2D eigenvalue weighted by Gasteiger charge is 2.41. The number of amides is 1. The van der Waals surface area contributed by atoms with E-state index in [1.165, 1.54) is 6.33 Å². The van der Waals surface area contributed by atoms with E-state index in [1.54, 1.807) is 36.1 Å². The number of aromatic nitrogens is 3. The van der Waals surface area contributed by atoms with Crippen LogP contribution in [-0.4, -0.2) is 40.4 Å². The van der Waals surface area contributed by atoms with Gasteiger partial charge in [-0.25, -0.2) is 4.68 Å². The number of nitrogens with one attached hydrogen (secondary N) is 2. The van der Waals surface area contributed by atoms with Gasteiger partial charge in [0, 0.05) is 16.8 Å². The summed E-state index contributed by atoms with van der Waals surface area (Å²) in [5, 5.41) is 11.3. The lowest BCUT2D eigenvalue weighted by Crippen LogP contribution is -2.46. The van der Waals surface area contributed by atoms with Gasteiger partial charge in [0.15, 0.2) is 11.5 Å². The van der Waals surface area contributed by atoms with Crippen molar-refractivity contribution in [2.75, 3.05) is 24.4 Å². The number of hydrogen-bond acceptors (Lipinski definition) is 6. The Labute approximate surface area is 185 Å². The SMILES string of the molecule is CCOc1ccc(C2C(C(=O)Nc3ccc(Cl)cc3)C(C)Nc3ncnn32)cc1OC. The van der Waals surface area contributed by atoms with Crippen LogP contribution in [0.25, 0.3) is 0 Å². The summed E-state index contributed by atoms with van der Waals surface area (Å²) in [4.78, 5) is 17.7. The minimum absolute atomic E-state index is 0.138. The molecule has 0 aliphatic carbocycles. The molecule has 0 radical (unpaired) electrons. The Morgan fingerprint density at radius 3 is 2.71 bits per heavy atom. The largest absolute Gasteiger partial charge is 0.493 e. The minimum Gasteiger partial charge on any atom is -0.493 e. The summed E-state index contributed by atoms with van der Waals surface area (Å²) in [5.41, 5.74) is 1.55. The van der Waals surface area contributed by atoms with E-state index in [4.69, 9.17) is 21.1 Å². The number of fused-ring (bicyclic) bond motifs is 1. The van der Waals surface area contributed by atoms with Gasteiger partial charge in [-0.1, -0.05) is 17.7 Å². The first kappa shape index (κ1) is 21.0. The summed E-state index contributed by atoms with van der Waals surface area (Å²) in [6, 6.07) is 12.1. The van der Waals surface area contributed by atoms with Crippen LogP contribution < -0.4 is 20.1 Å². The molecule has 1 aliphatic heterocycles. The number of carbonyl (C=O) groups excluding carboxylic acids is 1. The maximum absolute atomic E-state index is 13.4. The highest BCUT2D eigenvalue weighted by Crippen LogP contribution is 2.39. The molecule has 2 N–H and O–H groups in total. The predicted octanol–water partition coefficient (Wildman–Crippen LogP) is 4.00. The molecule has 162 valence electrons. The number of benzene rings is 2. The van der Waals surface area contributed by atoms with Gasteiger partial charge < -0.3 is 20.1 Å². The Morgan fingerprint density at radius 2 is 2.00 bits per heavy atom. The molecule has 0 bridgehead atoms. The Kier molecular flexibility index (Phi) is 5.99. The van der Waals surface area contributed by atoms with Gasteiger partial charge in [0.25, 0.3) is 0 Å². The van der Waals surface area contributed by atoms with E-state index in [0.717, 1.165) is 5.56 Å². The molecule has 2 aromatic carbocycles. The number of ether oxygens (including phenoxy) is 2. The summed E-state index contributed by atoms with van der Waals surface area (Å²) in [6.45, 7) is 4.41. The van der Waals surface area contributed by atoms with Crippen molar-refractivity contribution in [2.24, 2.45) is 5.92 Å². The Balaban J connectivity index is 1.73. The second-order valence-corrected chi connectivity index (χ2v) is 7.71. The van der Waals surface area contributed by atoms with Crippen LogP contribution in [-0.2, 0) is 4.79 Å². The van der Waals surface area contributed by atoms with Crippen LogP contribution in [0.15, 0.2) is 48.8 Å². The molecule has 3 unspecified atom stereocenters. The monoisotopic (exact) mass is 441 g/mol. The van der Waals surface area contributed by atoms with Gasteiger partial charge in [0.2, 0.25) is 11.9 Å². The predicted molar refractivity (Wildman–Crippen MR) is 119 cm³/mol. The number of rotatable bonds is 6. The highest BCUT2D eigenvalue weighted by atomic mass is 35.5. The molecule has 1 amide bonds. The molecule has 0 saturated heterocycles. The zero-order chi connectivity index (χ0) is 22.0. The van der Waals surface area contributed by atoms with Crippen molar-refractivity contribution in [3.05, 3.63) is 59.4 Å². The molecule has 0 fully saturated rings. The van der Waals surface area contributed by atoms with Gasteiger partial charge in [-0.2, -0.15) is 10.1 Å². The summed E-state index contributed by atoms with van der Waals surface area (Å²) < 4.78 is 12.9. The maximum atomic E-state index is 13.4. The van der Waals surface area contributed by atoms with Crippen molar-refractivity contribution in [1.29, 1.82) is 0 Å². The Bertz CT molecular complexity index is 1070. The topological polar surface area (TPSA) is 90.3 Å². The van der Waals surface area contributed by atoms with Crippen LogP contribution in [0.5, 0.6) is 11.5 Å². The lowest BCUT2D eigenvalue weighted by Gasteiger charge is -2.37. The van der Waals surface area contributed by atoms with Crippen molar-refractivity contribution < 1.29 is 14.3 Å². The molecule has 0 saturated carbocycles. The number of nitrogens with zero attached hydrogens (tertiary/aromatic N) is 3. The number of halogens is 1. The fraction of sp³-hybridized carbons (Fsp3) is 0.318. The molecular weight excluding hydrogens is 418 g/mol. The molecular formula is C22H24ClN5O3. The number of methoxy groups -OCH3 is 1. The average Bonchev–Trinajstić information content (AvgIpc) is 3.23. The van der Waals surface area contributed by atoms with Crippen molar-refractivity contribution in [2.45, 2.75) is 25.9 Å². The van der Waals surface area contributed by atoms with Crippen LogP contribution in [0.3, 0.4) is 0 Å². The van der Waals surface area contributed by atoms with Crippen LogP contribution in [0.2, 0.25) is 5.02 Å².